The molecule has 0 bridgehead atoms. The molecule has 0 unspecified atom stereocenters. The fourth-order valence-corrected chi connectivity index (χ4v) is 2.37. The highest BCUT2D eigenvalue weighted by molar-refractivity contribution is 7.46. The lowest BCUT2D eigenvalue weighted by Gasteiger charge is -2.24. The lowest BCUT2D eigenvalue weighted by molar-refractivity contribution is 0.391. The van der Waals surface area contributed by atoms with Crippen molar-refractivity contribution in [2.24, 2.45) is 11.8 Å². The third-order valence-corrected chi connectivity index (χ3v) is 3.36. The van der Waals surface area contributed by atoms with E-state index in [0.29, 0.717) is 11.8 Å². The van der Waals surface area contributed by atoms with E-state index in [-0.39, 0.29) is 5.66 Å². The van der Waals surface area contributed by atoms with Crippen molar-refractivity contribution in [3.8, 4) is 0 Å². The van der Waals surface area contributed by atoms with Crippen LogP contribution in [0.2, 0.25) is 0 Å². The van der Waals surface area contributed by atoms with Crippen LogP contribution in [-0.2, 0) is 0 Å². The van der Waals surface area contributed by atoms with Gasteiger partial charge in [-0.05, 0) is 11.8 Å². The van der Waals surface area contributed by atoms with E-state index in [1.165, 1.54) is 0 Å². The molecule has 2 nitrogen and oxygen atoms in total. The van der Waals surface area contributed by atoms with Crippen molar-refractivity contribution < 1.29 is 9.79 Å². The Balaban J connectivity index is 3.98. The molecule has 0 rings (SSSR count). The molecule has 0 amide bonds. The maximum absolute atomic E-state index is 8.97. The van der Waals surface area contributed by atoms with Crippen molar-refractivity contribution in [2.45, 2.75) is 33.4 Å². The summed E-state index contributed by atoms with van der Waals surface area (Å²) in [5, 5.41) is 0. The number of hydrogen-bond donors (Lipinski definition) is 2. The van der Waals surface area contributed by atoms with E-state index < -0.39 is 8.38 Å². The molecule has 0 heterocycles. The Kier molecular flexibility index (Phi) is 4.42. The van der Waals surface area contributed by atoms with Crippen molar-refractivity contribution in [1.29, 1.82) is 0 Å². The van der Waals surface area contributed by atoms with Gasteiger partial charge in [-0.25, -0.2) is 0 Å². The molecule has 0 radical (unpaired) electrons. The zero-order valence-corrected chi connectivity index (χ0v) is 7.97. The van der Waals surface area contributed by atoms with Gasteiger partial charge in [-0.3, -0.25) is 0 Å². The van der Waals surface area contributed by atoms with Crippen molar-refractivity contribution in [3.63, 3.8) is 0 Å². The zero-order valence-electron chi connectivity index (χ0n) is 7.07. The summed E-state index contributed by atoms with van der Waals surface area (Å²) in [6.07, 6.45) is 0. The summed E-state index contributed by atoms with van der Waals surface area (Å²) in [4.78, 5) is 17.9. The van der Waals surface area contributed by atoms with Crippen molar-refractivity contribution in [1.82, 2.24) is 0 Å². The largest absolute Gasteiger partial charge is 0.350 e. The van der Waals surface area contributed by atoms with E-state index in [4.69, 9.17) is 9.79 Å². The third kappa shape index (κ3) is 2.96. The molecule has 62 valence electrons. The first-order valence-electron chi connectivity index (χ1n) is 3.63. The molecule has 0 aromatic heterocycles. The highest BCUT2D eigenvalue weighted by atomic mass is 31.2. The van der Waals surface area contributed by atoms with E-state index >= 15 is 0 Å². The molecule has 0 aromatic carbocycles. The number of hydrogen-bond acceptors (Lipinski definition) is 2. The minimum atomic E-state index is -1.74. The van der Waals surface area contributed by atoms with Crippen LogP contribution < -0.4 is 0 Å². The molecule has 0 atom stereocenters. The van der Waals surface area contributed by atoms with Crippen LogP contribution in [0.3, 0.4) is 0 Å². The second-order valence-corrected chi connectivity index (χ2v) is 4.54. The summed E-state index contributed by atoms with van der Waals surface area (Å²) in [6, 6.07) is 0. The van der Waals surface area contributed by atoms with Crippen LogP contribution in [0.4, 0.5) is 0 Å². The predicted octanol–water partition coefficient (Wildman–Crippen LogP) is 1.96. The van der Waals surface area contributed by atoms with Gasteiger partial charge in [0.2, 0.25) is 0 Å². The van der Waals surface area contributed by atoms with E-state index in [1.807, 2.05) is 27.7 Å². The topological polar surface area (TPSA) is 40.5 Å². The molecule has 0 saturated carbocycles. The van der Waals surface area contributed by atoms with Crippen LogP contribution in [0.5, 0.6) is 0 Å². The van der Waals surface area contributed by atoms with Gasteiger partial charge in [-0.1, -0.05) is 27.7 Å². The van der Waals surface area contributed by atoms with Crippen LogP contribution in [0, 0.1) is 11.8 Å². The molecular formula is C7H17O2P. The second kappa shape index (κ2) is 4.27. The van der Waals surface area contributed by atoms with Gasteiger partial charge in [-0.2, -0.15) is 0 Å². The Hall–Kier alpha value is 0.350. The molecule has 0 aromatic rings. The van der Waals surface area contributed by atoms with E-state index in [1.54, 1.807) is 0 Å². The lowest BCUT2D eigenvalue weighted by Crippen LogP contribution is -2.19. The van der Waals surface area contributed by atoms with Gasteiger partial charge in [-0.15, -0.1) is 0 Å². The molecule has 0 fully saturated rings. The van der Waals surface area contributed by atoms with Crippen molar-refractivity contribution >= 4 is 8.38 Å². The first-order valence-corrected chi connectivity index (χ1v) is 4.95. The van der Waals surface area contributed by atoms with Gasteiger partial charge < -0.3 is 9.79 Å². The summed E-state index contributed by atoms with van der Waals surface area (Å²) in [6.45, 7) is 8.08. The van der Waals surface area contributed by atoms with Gasteiger partial charge in [0.15, 0.2) is 8.38 Å². The summed E-state index contributed by atoms with van der Waals surface area (Å²) in [5.41, 5.74) is 0.0648. The Morgan fingerprint density at radius 3 is 1.20 bits per heavy atom. The maximum Gasteiger partial charge on any atom is 0.168 e. The normalized spacial score (nSPS) is 12.6. The third-order valence-electron chi connectivity index (χ3n) is 1.63. The van der Waals surface area contributed by atoms with Gasteiger partial charge in [0.25, 0.3) is 0 Å². The monoisotopic (exact) mass is 164 g/mol. The molecule has 0 aliphatic rings. The van der Waals surface area contributed by atoms with E-state index in [0.717, 1.165) is 0 Å². The minimum Gasteiger partial charge on any atom is -0.350 e. The molecule has 2 N–H and O–H groups in total. The first kappa shape index (κ1) is 10.3. The number of rotatable bonds is 3. The summed E-state index contributed by atoms with van der Waals surface area (Å²) < 4.78 is 0. The average molecular weight is 164 g/mol. The van der Waals surface area contributed by atoms with Crippen molar-refractivity contribution in [3.05, 3.63) is 0 Å². The molecular weight excluding hydrogens is 147 g/mol. The standard InChI is InChI=1S/C7H17O2P/c1-5(2)7(6(3)4)10(8)9/h5-9H,1-4H3. The van der Waals surface area contributed by atoms with Crippen LogP contribution in [0.1, 0.15) is 27.7 Å². The molecule has 10 heavy (non-hydrogen) atoms. The van der Waals surface area contributed by atoms with Crippen LogP contribution in [0.25, 0.3) is 0 Å². The highest BCUT2D eigenvalue weighted by Crippen LogP contribution is 2.40. The first-order chi connectivity index (χ1) is 4.46. The summed E-state index contributed by atoms with van der Waals surface area (Å²) in [7, 11) is -1.74. The van der Waals surface area contributed by atoms with Crippen LogP contribution >= 0.6 is 8.38 Å². The Morgan fingerprint density at radius 1 is 0.900 bits per heavy atom. The predicted molar refractivity (Wildman–Crippen MR) is 44.8 cm³/mol. The van der Waals surface area contributed by atoms with Crippen LogP contribution in [0.15, 0.2) is 0 Å². The Bertz CT molecular complexity index is 72.6. The maximum atomic E-state index is 8.97. The second-order valence-electron chi connectivity index (χ2n) is 3.30. The van der Waals surface area contributed by atoms with Gasteiger partial charge in [0.1, 0.15) is 0 Å². The van der Waals surface area contributed by atoms with Crippen molar-refractivity contribution in [2.75, 3.05) is 0 Å². The molecule has 0 saturated heterocycles. The molecule has 3 heteroatoms. The SMILES string of the molecule is CC(C)C(C(C)C)P(O)O. The summed E-state index contributed by atoms with van der Waals surface area (Å²) in [5.74, 6) is 0.724. The fraction of sp³-hybridized carbons (Fsp3) is 1.00. The minimum absolute atomic E-state index is 0.0648. The van der Waals surface area contributed by atoms with Gasteiger partial charge >= 0.3 is 0 Å². The molecule has 0 spiro atoms. The van der Waals surface area contributed by atoms with Crippen LogP contribution in [-0.4, -0.2) is 15.4 Å². The average Bonchev–Trinajstić information content (AvgIpc) is 1.59. The molecule has 0 aliphatic carbocycles. The van der Waals surface area contributed by atoms with E-state index in [9.17, 15) is 0 Å². The fourth-order valence-electron chi connectivity index (χ4n) is 1.30. The highest BCUT2D eigenvalue weighted by Gasteiger charge is 2.24. The zero-order chi connectivity index (χ0) is 8.31. The quantitative estimate of drug-likeness (QED) is 0.626. The lowest BCUT2D eigenvalue weighted by atomic mass is 10.00. The smallest absolute Gasteiger partial charge is 0.168 e. The Labute approximate surface area is 64.2 Å². The molecule has 0 aliphatic heterocycles. The van der Waals surface area contributed by atoms with E-state index in [2.05, 4.69) is 0 Å². The summed E-state index contributed by atoms with van der Waals surface area (Å²) >= 11 is 0. The Morgan fingerprint density at radius 2 is 1.20 bits per heavy atom. The van der Waals surface area contributed by atoms with Gasteiger partial charge in [0, 0.05) is 5.66 Å². The van der Waals surface area contributed by atoms with Gasteiger partial charge in [0.05, 0.1) is 0 Å².